The normalized spacial score (nSPS) is 16.4. The molecule has 2 aromatic rings. The number of rotatable bonds is 6. The molecule has 5 nitrogen and oxygen atoms in total. The first-order chi connectivity index (χ1) is 13.5. The smallest absolute Gasteiger partial charge is 0.191 e. The van der Waals surface area contributed by atoms with Crippen molar-refractivity contribution in [3.05, 3.63) is 51.7 Å². The Kier molecular flexibility index (Phi) is 9.29. The number of benzene rings is 1. The van der Waals surface area contributed by atoms with Crippen LogP contribution in [0.15, 0.2) is 34.6 Å². The minimum atomic E-state index is -0.199. The Morgan fingerprint density at radius 3 is 2.69 bits per heavy atom. The van der Waals surface area contributed by atoms with Gasteiger partial charge < -0.3 is 15.4 Å². The molecule has 1 fully saturated rings. The maximum atomic E-state index is 13.8. The van der Waals surface area contributed by atoms with Crippen molar-refractivity contribution in [2.24, 2.45) is 4.99 Å². The molecule has 1 aromatic carbocycles. The van der Waals surface area contributed by atoms with E-state index in [-0.39, 0.29) is 35.2 Å². The second kappa shape index (κ2) is 11.2. The molecule has 2 N–H and O–H groups in total. The fourth-order valence-electron chi connectivity index (χ4n) is 3.45. The van der Waals surface area contributed by atoms with Crippen LogP contribution < -0.4 is 10.6 Å². The number of aliphatic imine (C=N–C) groups is 1. The van der Waals surface area contributed by atoms with Crippen molar-refractivity contribution < 1.29 is 9.13 Å². The fraction of sp³-hybridized carbons (Fsp3) is 0.524. The Balaban J connectivity index is 0.00000300. The SMILES string of the molecule is CN=C(NCc1nc(C(C)C)cs1)NCC1(c2cccc(F)c2)CCOCC1.I. The topological polar surface area (TPSA) is 58.5 Å². The molecule has 1 aromatic heterocycles. The van der Waals surface area contributed by atoms with Crippen molar-refractivity contribution in [1.82, 2.24) is 15.6 Å². The van der Waals surface area contributed by atoms with Crippen LogP contribution in [0.1, 0.15) is 48.9 Å². The molecule has 1 aliphatic rings. The van der Waals surface area contributed by atoms with Crippen molar-refractivity contribution in [2.75, 3.05) is 26.8 Å². The van der Waals surface area contributed by atoms with E-state index in [1.807, 2.05) is 6.07 Å². The number of nitrogens with zero attached hydrogens (tertiary/aromatic N) is 2. The van der Waals surface area contributed by atoms with Gasteiger partial charge in [-0.3, -0.25) is 4.99 Å². The number of guanidine groups is 1. The quantitative estimate of drug-likeness (QED) is 0.328. The van der Waals surface area contributed by atoms with Crippen LogP contribution in [-0.4, -0.2) is 37.7 Å². The van der Waals surface area contributed by atoms with E-state index in [0.717, 1.165) is 35.1 Å². The molecule has 2 heterocycles. The standard InChI is InChI=1S/C21H29FN4OS.HI/c1-15(2)18-13-28-19(26-18)12-24-20(23-3)25-14-21(7-9-27-10-8-21)16-5-4-6-17(22)11-16;/h4-6,11,13,15H,7-10,12,14H2,1-3H3,(H2,23,24,25);1H. The highest BCUT2D eigenvalue weighted by molar-refractivity contribution is 14.0. The molecule has 8 heteroatoms. The maximum absolute atomic E-state index is 13.8. The zero-order valence-electron chi connectivity index (χ0n) is 17.2. The predicted molar refractivity (Wildman–Crippen MR) is 128 cm³/mol. The van der Waals surface area contributed by atoms with E-state index in [1.165, 1.54) is 6.07 Å². The summed E-state index contributed by atoms with van der Waals surface area (Å²) in [6, 6.07) is 6.93. The number of aromatic nitrogens is 1. The van der Waals surface area contributed by atoms with E-state index >= 15 is 0 Å². The van der Waals surface area contributed by atoms with Crippen molar-refractivity contribution in [1.29, 1.82) is 0 Å². The molecular weight excluding hydrogens is 502 g/mol. The van der Waals surface area contributed by atoms with Crippen molar-refractivity contribution >= 4 is 41.3 Å². The first kappa shape index (κ1) is 24.0. The number of thiazole rings is 1. The zero-order chi connectivity index (χ0) is 20.0. The summed E-state index contributed by atoms with van der Waals surface area (Å²) in [5.74, 6) is 0.959. The lowest BCUT2D eigenvalue weighted by atomic mass is 9.74. The van der Waals surface area contributed by atoms with Gasteiger partial charge >= 0.3 is 0 Å². The minimum Gasteiger partial charge on any atom is -0.381 e. The van der Waals surface area contributed by atoms with Gasteiger partial charge in [0.2, 0.25) is 0 Å². The van der Waals surface area contributed by atoms with Crippen molar-refractivity contribution in [3.63, 3.8) is 0 Å². The molecule has 160 valence electrons. The van der Waals surface area contributed by atoms with Gasteiger partial charge in [0.05, 0.1) is 12.2 Å². The van der Waals surface area contributed by atoms with Crippen LogP contribution in [0.5, 0.6) is 0 Å². The van der Waals surface area contributed by atoms with Gasteiger partial charge in [0.15, 0.2) is 5.96 Å². The molecule has 0 aliphatic carbocycles. The van der Waals surface area contributed by atoms with Gasteiger partial charge in [-0.25, -0.2) is 9.37 Å². The van der Waals surface area contributed by atoms with Crippen LogP contribution in [0, 0.1) is 5.82 Å². The lowest BCUT2D eigenvalue weighted by Crippen LogP contribution is -2.48. The molecule has 3 rings (SSSR count). The average Bonchev–Trinajstić information content (AvgIpc) is 3.18. The lowest BCUT2D eigenvalue weighted by Gasteiger charge is -2.38. The summed E-state index contributed by atoms with van der Waals surface area (Å²) in [4.78, 5) is 8.99. The molecule has 1 saturated heterocycles. The molecule has 1 aliphatic heterocycles. The molecule has 0 unspecified atom stereocenters. The van der Waals surface area contributed by atoms with Gasteiger partial charge in [-0.1, -0.05) is 26.0 Å². The Morgan fingerprint density at radius 1 is 1.31 bits per heavy atom. The van der Waals surface area contributed by atoms with Gasteiger partial charge in [-0.15, -0.1) is 35.3 Å². The highest BCUT2D eigenvalue weighted by Gasteiger charge is 2.35. The van der Waals surface area contributed by atoms with Gasteiger partial charge in [-0.2, -0.15) is 0 Å². The third-order valence-corrected chi connectivity index (χ3v) is 6.14. The van der Waals surface area contributed by atoms with Crippen LogP contribution in [0.3, 0.4) is 0 Å². The Bertz CT molecular complexity index is 805. The van der Waals surface area contributed by atoms with Gasteiger partial charge in [0, 0.05) is 37.6 Å². The Labute approximate surface area is 193 Å². The third kappa shape index (κ3) is 6.36. The molecule has 0 saturated carbocycles. The van der Waals surface area contributed by atoms with Gasteiger partial charge in [-0.05, 0) is 36.5 Å². The number of nitrogens with one attached hydrogen (secondary N) is 2. The van der Waals surface area contributed by atoms with Crippen molar-refractivity contribution in [3.8, 4) is 0 Å². The molecule has 0 atom stereocenters. The van der Waals surface area contributed by atoms with Crippen LogP contribution >= 0.6 is 35.3 Å². The maximum Gasteiger partial charge on any atom is 0.191 e. The van der Waals surface area contributed by atoms with E-state index in [2.05, 4.69) is 39.8 Å². The highest BCUT2D eigenvalue weighted by atomic mass is 127. The summed E-state index contributed by atoms with van der Waals surface area (Å²) in [6.45, 7) is 6.96. The summed E-state index contributed by atoms with van der Waals surface area (Å²) in [6.07, 6.45) is 1.70. The lowest BCUT2D eigenvalue weighted by molar-refractivity contribution is 0.0513. The predicted octanol–water partition coefficient (Wildman–Crippen LogP) is 4.44. The second-order valence-corrected chi connectivity index (χ2v) is 8.45. The summed E-state index contributed by atoms with van der Waals surface area (Å²) < 4.78 is 19.4. The van der Waals surface area contributed by atoms with E-state index in [1.54, 1.807) is 30.5 Å². The molecule has 0 spiro atoms. The second-order valence-electron chi connectivity index (χ2n) is 7.50. The summed E-state index contributed by atoms with van der Waals surface area (Å²) >= 11 is 1.66. The van der Waals surface area contributed by atoms with Gasteiger partial charge in [0.25, 0.3) is 0 Å². The monoisotopic (exact) mass is 532 g/mol. The number of ether oxygens (including phenoxy) is 1. The summed E-state index contributed by atoms with van der Waals surface area (Å²) in [5.41, 5.74) is 1.97. The van der Waals surface area contributed by atoms with Crippen LogP contribution in [-0.2, 0) is 16.7 Å². The first-order valence-corrected chi connectivity index (χ1v) is 10.6. The summed E-state index contributed by atoms with van der Waals surface area (Å²) in [7, 11) is 1.76. The van der Waals surface area contributed by atoms with E-state index in [4.69, 9.17) is 4.74 Å². The van der Waals surface area contributed by atoms with Crippen LogP contribution in [0.4, 0.5) is 4.39 Å². The van der Waals surface area contributed by atoms with E-state index in [9.17, 15) is 4.39 Å². The molecular formula is C21H30FIN4OS. The van der Waals surface area contributed by atoms with Crippen molar-refractivity contribution in [2.45, 2.75) is 44.6 Å². The van der Waals surface area contributed by atoms with Gasteiger partial charge in [0.1, 0.15) is 10.8 Å². The highest BCUT2D eigenvalue weighted by Crippen LogP contribution is 2.34. The Morgan fingerprint density at radius 2 is 2.07 bits per heavy atom. The minimum absolute atomic E-state index is 0. The zero-order valence-corrected chi connectivity index (χ0v) is 20.4. The van der Waals surface area contributed by atoms with E-state index < -0.39 is 0 Å². The largest absolute Gasteiger partial charge is 0.381 e. The molecule has 0 radical (unpaired) electrons. The first-order valence-electron chi connectivity index (χ1n) is 9.75. The molecule has 0 amide bonds. The number of halogens is 2. The van der Waals surface area contributed by atoms with Crippen LogP contribution in [0.25, 0.3) is 0 Å². The molecule has 0 bridgehead atoms. The number of hydrogen-bond donors (Lipinski definition) is 2. The summed E-state index contributed by atoms with van der Waals surface area (Å²) in [5, 5.41) is 9.92. The third-order valence-electron chi connectivity index (χ3n) is 5.27. The van der Waals surface area contributed by atoms with Crippen LogP contribution in [0.2, 0.25) is 0 Å². The molecule has 29 heavy (non-hydrogen) atoms. The fourth-order valence-corrected chi connectivity index (χ4v) is 4.35. The van der Waals surface area contributed by atoms with E-state index in [0.29, 0.717) is 32.2 Å². The average molecular weight is 532 g/mol. The number of hydrogen-bond acceptors (Lipinski definition) is 4. The Hall–Kier alpha value is -1.26.